The van der Waals surface area contributed by atoms with Crippen molar-refractivity contribution in [2.75, 3.05) is 0 Å². The molecule has 0 aliphatic rings. The molecule has 133 valence electrons. The second kappa shape index (κ2) is 7.34. The lowest BCUT2D eigenvalue weighted by Gasteiger charge is -2.15. The van der Waals surface area contributed by atoms with Crippen LogP contribution in [0.2, 0.25) is 0 Å². The van der Waals surface area contributed by atoms with Crippen LogP contribution < -0.4 is 21.5 Å². The summed E-state index contributed by atoms with van der Waals surface area (Å²) in [7, 11) is 0. The average molecular weight is 356 g/mol. The molecule has 4 amide bonds. The summed E-state index contributed by atoms with van der Waals surface area (Å²) in [5.74, 6) is -4.79. The molecule has 26 heavy (non-hydrogen) atoms. The van der Waals surface area contributed by atoms with E-state index in [0.717, 1.165) is 19.1 Å². The fourth-order valence-electron chi connectivity index (χ4n) is 2.22. The highest BCUT2D eigenvalue weighted by molar-refractivity contribution is 6.13. The molecule has 0 spiro atoms. The molecule has 2 rings (SSSR count). The molecule has 0 saturated carbocycles. The van der Waals surface area contributed by atoms with Crippen LogP contribution in [0.4, 0.5) is 0 Å². The van der Waals surface area contributed by atoms with Gasteiger partial charge in [0.15, 0.2) is 5.75 Å². The number of carbonyl (C=O) groups is 4. The molecule has 0 unspecified atom stereocenters. The Labute approximate surface area is 147 Å². The van der Waals surface area contributed by atoms with E-state index in [9.17, 15) is 24.3 Å². The van der Waals surface area contributed by atoms with Gasteiger partial charge in [-0.3, -0.25) is 29.6 Å². The third-order valence-corrected chi connectivity index (χ3v) is 3.26. The zero-order chi connectivity index (χ0) is 19.4. The summed E-state index contributed by atoms with van der Waals surface area (Å²) in [4.78, 5) is 46.6. The van der Waals surface area contributed by atoms with Crippen LogP contribution in [-0.4, -0.2) is 23.6 Å². The first-order valence-electron chi connectivity index (χ1n) is 7.24. The number of benzene rings is 2. The van der Waals surface area contributed by atoms with Crippen LogP contribution in [0.15, 0.2) is 36.4 Å². The number of imide groups is 1. The lowest BCUT2D eigenvalue weighted by molar-refractivity contribution is -0.118. The molecule has 0 atom stereocenters. The summed E-state index contributed by atoms with van der Waals surface area (Å²) in [6.07, 6.45) is 0. The van der Waals surface area contributed by atoms with Crippen LogP contribution in [-0.2, 0) is 9.90 Å². The monoisotopic (exact) mass is 356 g/mol. The van der Waals surface area contributed by atoms with Crippen molar-refractivity contribution in [3.8, 4) is 17.2 Å². The van der Waals surface area contributed by atoms with Gasteiger partial charge < -0.3 is 16.2 Å². The molecule has 2 aromatic rings. The third kappa shape index (κ3) is 3.78. The number of ether oxygens (including phenoxy) is 1. The summed E-state index contributed by atoms with van der Waals surface area (Å²) < 4.78 is 5.53. The standard InChI is InChI=1S/C17H14N3O6/c1-8(21)20-17(25)14-12(7-6-10(22)13(14)16(19)24)26-11-5-3-2-4-9(11)15(18)23/h2-7H,1H3,(H2,18,23)(H2,19,24)(H,20,21,25). The number of rotatable bonds is 5. The molecule has 0 aromatic heterocycles. The Morgan fingerprint density at radius 2 is 1.54 bits per heavy atom. The van der Waals surface area contributed by atoms with Crippen molar-refractivity contribution in [1.82, 2.24) is 5.32 Å². The Morgan fingerprint density at radius 3 is 2.12 bits per heavy atom. The quantitative estimate of drug-likeness (QED) is 0.729. The van der Waals surface area contributed by atoms with Gasteiger partial charge in [0.2, 0.25) is 5.91 Å². The van der Waals surface area contributed by atoms with Gasteiger partial charge in [-0.1, -0.05) is 12.1 Å². The van der Waals surface area contributed by atoms with Crippen molar-refractivity contribution in [1.29, 1.82) is 0 Å². The van der Waals surface area contributed by atoms with Crippen LogP contribution in [0.5, 0.6) is 17.2 Å². The molecule has 0 bridgehead atoms. The first-order valence-corrected chi connectivity index (χ1v) is 7.24. The lowest BCUT2D eigenvalue weighted by atomic mass is 10.0. The van der Waals surface area contributed by atoms with E-state index in [4.69, 9.17) is 16.2 Å². The molecular weight excluding hydrogens is 342 g/mol. The van der Waals surface area contributed by atoms with Crippen molar-refractivity contribution in [2.45, 2.75) is 6.92 Å². The second-order valence-corrected chi connectivity index (χ2v) is 5.15. The SMILES string of the molecule is CC(=O)NC(=O)c1c(Oc2ccccc2C(N)=O)ccc([O])c1C(N)=O. The minimum atomic E-state index is -1.17. The van der Waals surface area contributed by atoms with E-state index in [-0.39, 0.29) is 17.1 Å². The molecular formula is C17H14N3O6. The highest BCUT2D eigenvalue weighted by Gasteiger charge is 2.27. The number of nitrogens with one attached hydrogen (secondary N) is 1. The van der Waals surface area contributed by atoms with Gasteiger partial charge in [-0.15, -0.1) is 0 Å². The highest BCUT2D eigenvalue weighted by atomic mass is 16.5. The summed E-state index contributed by atoms with van der Waals surface area (Å²) in [6, 6.07) is 8.00. The van der Waals surface area contributed by atoms with Gasteiger partial charge in [0.1, 0.15) is 17.1 Å². The van der Waals surface area contributed by atoms with E-state index >= 15 is 0 Å². The number of primary amides is 2. The van der Waals surface area contributed by atoms with Gasteiger partial charge in [-0.05, 0) is 24.3 Å². The molecule has 0 heterocycles. The van der Waals surface area contributed by atoms with Crippen LogP contribution in [0.1, 0.15) is 38.0 Å². The normalized spacial score (nSPS) is 10.0. The largest absolute Gasteiger partial charge is 0.456 e. The minimum Gasteiger partial charge on any atom is -0.456 e. The number of hydrogen-bond acceptors (Lipinski definition) is 5. The van der Waals surface area contributed by atoms with Crippen molar-refractivity contribution >= 4 is 23.6 Å². The predicted molar refractivity (Wildman–Crippen MR) is 88.3 cm³/mol. The molecule has 0 fully saturated rings. The zero-order valence-electron chi connectivity index (χ0n) is 13.6. The zero-order valence-corrected chi connectivity index (χ0v) is 13.6. The van der Waals surface area contributed by atoms with Gasteiger partial charge in [0, 0.05) is 6.92 Å². The molecule has 0 aliphatic heterocycles. The van der Waals surface area contributed by atoms with Crippen LogP contribution >= 0.6 is 0 Å². The van der Waals surface area contributed by atoms with Crippen molar-refractivity contribution < 1.29 is 29.0 Å². The molecule has 5 N–H and O–H groups in total. The molecule has 0 aliphatic carbocycles. The Kier molecular flexibility index (Phi) is 5.21. The predicted octanol–water partition coefficient (Wildman–Crippen LogP) is 1.10. The first kappa shape index (κ1) is 18.5. The Bertz CT molecular complexity index is 923. The Balaban J connectivity index is 2.64. The molecule has 1 radical (unpaired) electrons. The summed E-state index contributed by atoms with van der Waals surface area (Å²) in [5, 5.41) is 13.9. The fraction of sp³-hybridized carbons (Fsp3) is 0.0588. The van der Waals surface area contributed by atoms with Crippen LogP contribution in [0.3, 0.4) is 0 Å². The third-order valence-electron chi connectivity index (χ3n) is 3.26. The van der Waals surface area contributed by atoms with Gasteiger partial charge >= 0.3 is 0 Å². The van der Waals surface area contributed by atoms with E-state index < -0.39 is 40.5 Å². The Hall–Kier alpha value is -3.88. The highest BCUT2D eigenvalue weighted by Crippen LogP contribution is 2.34. The molecule has 2 aromatic carbocycles. The van der Waals surface area contributed by atoms with E-state index in [2.05, 4.69) is 0 Å². The minimum absolute atomic E-state index is 0.00838. The lowest BCUT2D eigenvalue weighted by Crippen LogP contribution is -2.30. The van der Waals surface area contributed by atoms with Crippen molar-refractivity contribution in [3.63, 3.8) is 0 Å². The van der Waals surface area contributed by atoms with Gasteiger partial charge in [0.25, 0.3) is 17.7 Å². The smallest absolute Gasteiger partial charge is 0.262 e. The number of para-hydroxylation sites is 1. The molecule has 9 nitrogen and oxygen atoms in total. The van der Waals surface area contributed by atoms with E-state index in [1.54, 1.807) is 12.1 Å². The average Bonchev–Trinajstić information content (AvgIpc) is 2.55. The Morgan fingerprint density at radius 1 is 0.885 bits per heavy atom. The summed E-state index contributed by atoms with van der Waals surface area (Å²) in [6.45, 7) is 1.08. The van der Waals surface area contributed by atoms with E-state index in [0.29, 0.717) is 0 Å². The van der Waals surface area contributed by atoms with Crippen molar-refractivity contribution in [2.24, 2.45) is 11.5 Å². The van der Waals surface area contributed by atoms with Crippen LogP contribution in [0.25, 0.3) is 0 Å². The number of nitrogens with two attached hydrogens (primary N) is 2. The number of amides is 4. The number of carbonyl (C=O) groups excluding carboxylic acids is 4. The molecule has 9 heteroatoms. The van der Waals surface area contributed by atoms with Crippen LogP contribution in [0, 0.1) is 0 Å². The maximum atomic E-state index is 12.3. The second-order valence-electron chi connectivity index (χ2n) is 5.15. The maximum absolute atomic E-state index is 12.3. The summed E-state index contributed by atoms with van der Waals surface area (Å²) >= 11 is 0. The van der Waals surface area contributed by atoms with Crippen molar-refractivity contribution in [3.05, 3.63) is 53.1 Å². The fourth-order valence-corrected chi connectivity index (χ4v) is 2.22. The number of hydrogen-bond donors (Lipinski definition) is 3. The topological polar surface area (TPSA) is 161 Å². The first-order chi connectivity index (χ1) is 12.2. The molecule has 0 saturated heterocycles. The maximum Gasteiger partial charge on any atom is 0.262 e. The van der Waals surface area contributed by atoms with Gasteiger partial charge in [-0.2, -0.15) is 0 Å². The van der Waals surface area contributed by atoms with E-state index in [1.165, 1.54) is 12.1 Å². The summed E-state index contributed by atoms with van der Waals surface area (Å²) in [5.41, 5.74) is 9.31. The van der Waals surface area contributed by atoms with E-state index in [1.807, 2.05) is 5.32 Å². The van der Waals surface area contributed by atoms with Gasteiger partial charge in [-0.25, -0.2) is 0 Å². The van der Waals surface area contributed by atoms with Gasteiger partial charge in [0.05, 0.1) is 11.1 Å².